The first-order valence-corrected chi connectivity index (χ1v) is 5.92. The number of aliphatic imine (C=N–C) groups is 1. The fraction of sp³-hybridized carbons (Fsp3) is 0.667. The van der Waals surface area contributed by atoms with E-state index in [0.29, 0.717) is 12.5 Å². The molecule has 1 spiro atoms. The Morgan fingerprint density at radius 2 is 2.38 bits per heavy atom. The van der Waals surface area contributed by atoms with E-state index in [1.807, 2.05) is 6.08 Å². The second-order valence-electron chi connectivity index (χ2n) is 4.96. The molecule has 3 aliphatic rings. The highest BCUT2D eigenvalue weighted by Crippen LogP contribution is 2.46. The molecule has 86 valence electrons. The second kappa shape index (κ2) is 3.42. The molecule has 0 aromatic heterocycles. The third-order valence-corrected chi connectivity index (χ3v) is 4.32. The SMILES string of the molecule is O=C(O)C1CCC2CCNC23CN=CC=C13. The van der Waals surface area contributed by atoms with E-state index >= 15 is 0 Å². The van der Waals surface area contributed by atoms with Crippen LogP contribution in [0.15, 0.2) is 16.6 Å². The second-order valence-corrected chi connectivity index (χ2v) is 4.96. The fourth-order valence-corrected chi connectivity index (χ4v) is 3.55. The molecule has 4 heteroatoms. The third kappa shape index (κ3) is 1.19. The lowest BCUT2D eigenvalue weighted by atomic mass is 9.65. The van der Waals surface area contributed by atoms with Gasteiger partial charge in [0.15, 0.2) is 0 Å². The molecule has 0 aromatic rings. The zero-order valence-corrected chi connectivity index (χ0v) is 9.15. The Balaban J connectivity index is 2.03. The molecule has 2 aliphatic heterocycles. The fourth-order valence-electron chi connectivity index (χ4n) is 3.55. The zero-order valence-electron chi connectivity index (χ0n) is 9.15. The van der Waals surface area contributed by atoms with Crippen molar-refractivity contribution in [2.45, 2.75) is 24.8 Å². The summed E-state index contributed by atoms with van der Waals surface area (Å²) in [6.07, 6.45) is 6.63. The molecule has 3 atom stereocenters. The number of hydrogen-bond donors (Lipinski definition) is 2. The quantitative estimate of drug-likeness (QED) is 0.688. The van der Waals surface area contributed by atoms with Gasteiger partial charge >= 0.3 is 5.97 Å². The van der Waals surface area contributed by atoms with Crippen molar-refractivity contribution in [3.05, 3.63) is 11.6 Å². The lowest BCUT2D eigenvalue weighted by Crippen LogP contribution is -2.55. The number of carboxylic acid groups (broad SMARTS) is 1. The van der Waals surface area contributed by atoms with Crippen molar-refractivity contribution in [2.75, 3.05) is 13.1 Å². The Labute approximate surface area is 94.4 Å². The number of rotatable bonds is 1. The van der Waals surface area contributed by atoms with Gasteiger partial charge in [-0.2, -0.15) is 0 Å². The van der Waals surface area contributed by atoms with Crippen molar-refractivity contribution < 1.29 is 9.90 Å². The summed E-state index contributed by atoms with van der Waals surface area (Å²) < 4.78 is 0. The summed E-state index contributed by atoms with van der Waals surface area (Å²) >= 11 is 0. The van der Waals surface area contributed by atoms with Gasteiger partial charge in [0.25, 0.3) is 0 Å². The van der Waals surface area contributed by atoms with Crippen LogP contribution in [0.3, 0.4) is 0 Å². The minimum atomic E-state index is -0.687. The first-order valence-electron chi connectivity index (χ1n) is 5.92. The van der Waals surface area contributed by atoms with E-state index in [1.165, 1.54) is 0 Å². The van der Waals surface area contributed by atoms with E-state index in [9.17, 15) is 9.90 Å². The molecule has 1 saturated carbocycles. The maximum absolute atomic E-state index is 11.3. The van der Waals surface area contributed by atoms with Crippen LogP contribution in [0, 0.1) is 11.8 Å². The standard InChI is InChI=1S/C12H16N2O2/c15-11(16)9-2-1-8-3-6-14-12(8)7-13-5-4-10(9)12/h4-5,8-9,14H,1-3,6-7H2,(H,15,16). The molecule has 0 amide bonds. The summed E-state index contributed by atoms with van der Waals surface area (Å²) in [5, 5.41) is 12.8. The summed E-state index contributed by atoms with van der Waals surface area (Å²) in [7, 11) is 0. The van der Waals surface area contributed by atoms with Crippen LogP contribution >= 0.6 is 0 Å². The lowest BCUT2D eigenvalue weighted by Gasteiger charge is -2.44. The molecule has 4 nitrogen and oxygen atoms in total. The third-order valence-electron chi connectivity index (χ3n) is 4.32. The predicted molar refractivity (Wildman–Crippen MR) is 60.6 cm³/mol. The Kier molecular flexibility index (Phi) is 2.14. The highest BCUT2D eigenvalue weighted by Gasteiger charge is 2.52. The zero-order chi connectivity index (χ0) is 11.2. The average molecular weight is 220 g/mol. The average Bonchev–Trinajstić information content (AvgIpc) is 2.68. The first-order chi connectivity index (χ1) is 7.74. The van der Waals surface area contributed by atoms with Gasteiger partial charge in [-0.15, -0.1) is 0 Å². The van der Waals surface area contributed by atoms with Gasteiger partial charge in [-0.25, -0.2) is 0 Å². The Morgan fingerprint density at radius 1 is 1.50 bits per heavy atom. The monoisotopic (exact) mass is 220 g/mol. The van der Waals surface area contributed by atoms with E-state index in [1.54, 1.807) is 6.21 Å². The van der Waals surface area contributed by atoms with Crippen molar-refractivity contribution in [3.8, 4) is 0 Å². The van der Waals surface area contributed by atoms with Crippen molar-refractivity contribution in [2.24, 2.45) is 16.8 Å². The molecule has 2 fully saturated rings. The Bertz CT molecular complexity index is 388. The number of nitrogens with one attached hydrogen (secondary N) is 1. The van der Waals surface area contributed by atoms with E-state index in [-0.39, 0.29) is 11.5 Å². The molecule has 2 N–H and O–H groups in total. The van der Waals surface area contributed by atoms with Gasteiger partial charge < -0.3 is 10.4 Å². The van der Waals surface area contributed by atoms with Crippen molar-refractivity contribution >= 4 is 12.2 Å². The Morgan fingerprint density at radius 3 is 3.19 bits per heavy atom. The van der Waals surface area contributed by atoms with Gasteiger partial charge in [-0.05, 0) is 43.4 Å². The van der Waals surface area contributed by atoms with Crippen LogP contribution in [0.2, 0.25) is 0 Å². The van der Waals surface area contributed by atoms with Crippen molar-refractivity contribution in [1.82, 2.24) is 5.32 Å². The van der Waals surface area contributed by atoms with Crippen LogP contribution in [0.4, 0.5) is 0 Å². The molecule has 3 rings (SSSR count). The van der Waals surface area contributed by atoms with Gasteiger partial charge in [0.05, 0.1) is 18.0 Å². The van der Waals surface area contributed by atoms with E-state index in [2.05, 4.69) is 10.3 Å². The van der Waals surface area contributed by atoms with Gasteiger partial charge in [-0.3, -0.25) is 9.79 Å². The summed E-state index contributed by atoms with van der Waals surface area (Å²) in [4.78, 5) is 15.6. The lowest BCUT2D eigenvalue weighted by molar-refractivity contribution is -0.141. The normalized spacial score (nSPS) is 41.1. The molecule has 3 unspecified atom stereocenters. The predicted octanol–water partition coefficient (Wildman–Crippen LogP) is 0.840. The van der Waals surface area contributed by atoms with Crippen LogP contribution < -0.4 is 5.32 Å². The van der Waals surface area contributed by atoms with E-state index < -0.39 is 5.97 Å². The first kappa shape index (κ1) is 10.0. The molecule has 16 heavy (non-hydrogen) atoms. The molecule has 2 heterocycles. The molecular formula is C12H16N2O2. The van der Waals surface area contributed by atoms with Crippen LogP contribution in [-0.4, -0.2) is 35.9 Å². The number of allylic oxidation sites excluding steroid dienone is 1. The van der Waals surface area contributed by atoms with Gasteiger partial charge in [-0.1, -0.05) is 0 Å². The van der Waals surface area contributed by atoms with Crippen LogP contribution in [0.25, 0.3) is 0 Å². The smallest absolute Gasteiger partial charge is 0.310 e. The minimum absolute atomic E-state index is 0.129. The number of nitrogens with zero attached hydrogens (tertiary/aromatic N) is 1. The number of dihydropyridines is 1. The van der Waals surface area contributed by atoms with Crippen LogP contribution in [-0.2, 0) is 4.79 Å². The largest absolute Gasteiger partial charge is 0.481 e. The molecule has 1 aliphatic carbocycles. The van der Waals surface area contributed by atoms with Crippen molar-refractivity contribution in [1.29, 1.82) is 0 Å². The maximum atomic E-state index is 11.3. The summed E-state index contributed by atoms with van der Waals surface area (Å²) in [6, 6.07) is 0. The van der Waals surface area contributed by atoms with E-state index in [0.717, 1.165) is 31.4 Å². The molecule has 0 bridgehead atoms. The molecular weight excluding hydrogens is 204 g/mol. The van der Waals surface area contributed by atoms with Crippen LogP contribution in [0.5, 0.6) is 0 Å². The summed E-state index contributed by atoms with van der Waals surface area (Å²) in [6.45, 7) is 1.71. The molecule has 1 saturated heterocycles. The molecule has 0 aromatic carbocycles. The maximum Gasteiger partial charge on any atom is 0.310 e. The van der Waals surface area contributed by atoms with Gasteiger partial charge in [0.2, 0.25) is 0 Å². The number of aliphatic carboxylic acids is 1. The number of carboxylic acids is 1. The number of hydrogen-bond acceptors (Lipinski definition) is 3. The van der Waals surface area contributed by atoms with Gasteiger partial charge in [0, 0.05) is 6.21 Å². The topological polar surface area (TPSA) is 61.7 Å². The van der Waals surface area contributed by atoms with Crippen molar-refractivity contribution in [3.63, 3.8) is 0 Å². The van der Waals surface area contributed by atoms with E-state index in [4.69, 9.17) is 0 Å². The highest BCUT2D eigenvalue weighted by atomic mass is 16.4. The van der Waals surface area contributed by atoms with Crippen LogP contribution in [0.1, 0.15) is 19.3 Å². The highest BCUT2D eigenvalue weighted by molar-refractivity contribution is 5.81. The van der Waals surface area contributed by atoms with Gasteiger partial charge in [0.1, 0.15) is 0 Å². The Hall–Kier alpha value is -1.16. The minimum Gasteiger partial charge on any atom is -0.481 e. The summed E-state index contributed by atoms with van der Waals surface area (Å²) in [5.41, 5.74) is 0.930. The number of carbonyl (C=O) groups is 1. The summed E-state index contributed by atoms with van der Waals surface area (Å²) in [5.74, 6) is -0.423. The molecule has 0 radical (unpaired) electrons.